The summed E-state index contributed by atoms with van der Waals surface area (Å²) < 4.78 is 0. The lowest BCUT2D eigenvalue weighted by molar-refractivity contribution is -0.118. The maximum absolute atomic E-state index is 10.4. The van der Waals surface area contributed by atoms with E-state index in [0.717, 1.165) is 0 Å². The monoisotopic (exact) mass is 210 g/mol. The lowest BCUT2D eigenvalue weighted by atomic mass is 10.3. The number of anilines is 3. The molecular weight excluding hydrogens is 196 g/mol. The number of nitrogens with two attached hydrogens (primary N) is 3. The second kappa shape index (κ2) is 4.99. The van der Waals surface area contributed by atoms with Crippen molar-refractivity contribution < 1.29 is 4.79 Å². The molecule has 7 N–H and O–H groups in total. The van der Waals surface area contributed by atoms with Gasteiger partial charge in [0.15, 0.2) is 0 Å². The summed E-state index contributed by atoms with van der Waals surface area (Å²) >= 11 is 0. The Labute approximate surface area is 87.1 Å². The second-order valence-electron chi connectivity index (χ2n) is 3.03. The molecule has 0 unspecified atom stereocenters. The minimum Gasteiger partial charge on any atom is -0.383 e. The van der Waals surface area contributed by atoms with Crippen LogP contribution in [0.3, 0.4) is 0 Å². The van der Waals surface area contributed by atoms with Gasteiger partial charge >= 0.3 is 0 Å². The molecule has 0 saturated heterocycles. The van der Waals surface area contributed by atoms with Gasteiger partial charge in [0.1, 0.15) is 11.6 Å². The summed E-state index contributed by atoms with van der Waals surface area (Å²) in [7, 11) is 0. The Morgan fingerprint density at radius 2 is 2.13 bits per heavy atom. The molecule has 0 aromatic carbocycles. The van der Waals surface area contributed by atoms with Gasteiger partial charge in [-0.3, -0.25) is 4.79 Å². The van der Waals surface area contributed by atoms with Gasteiger partial charge in [0.05, 0.1) is 0 Å². The number of hydrogen-bond acceptors (Lipinski definition) is 6. The van der Waals surface area contributed by atoms with Crippen molar-refractivity contribution in [3.63, 3.8) is 0 Å². The molecule has 1 aromatic rings. The van der Waals surface area contributed by atoms with Gasteiger partial charge in [0.25, 0.3) is 0 Å². The van der Waals surface area contributed by atoms with E-state index < -0.39 is 0 Å². The van der Waals surface area contributed by atoms with Crippen LogP contribution in [-0.4, -0.2) is 22.4 Å². The Bertz CT molecular complexity index is 333. The molecule has 0 atom stereocenters. The summed E-state index contributed by atoms with van der Waals surface area (Å²) in [6, 6.07) is 1.57. The summed E-state index contributed by atoms with van der Waals surface area (Å²) in [5.41, 5.74) is 15.9. The van der Waals surface area contributed by atoms with Gasteiger partial charge in [-0.15, -0.1) is 0 Å². The first-order valence-electron chi connectivity index (χ1n) is 4.50. The third-order valence-corrected chi connectivity index (χ3v) is 1.67. The molecule has 7 nitrogen and oxygen atoms in total. The first kappa shape index (κ1) is 11.0. The third-order valence-electron chi connectivity index (χ3n) is 1.67. The van der Waals surface area contributed by atoms with Gasteiger partial charge in [-0.1, -0.05) is 0 Å². The van der Waals surface area contributed by atoms with Crippen LogP contribution in [0.2, 0.25) is 0 Å². The molecule has 1 amide bonds. The molecule has 82 valence electrons. The average molecular weight is 210 g/mol. The number of nitrogens with one attached hydrogen (secondary N) is 1. The number of amides is 1. The van der Waals surface area contributed by atoms with Crippen molar-refractivity contribution in [1.29, 1.82) is 0 Å². The number of primary amides is 1. The Hall–Kier alpha value is -2.05. The molecule has 15 heavy (non-hydrogen) atoms. The Balaban J connectivity index is 2.40. The van der Waals surface area contributed by atoms with Crippen LogP contribution in [0.25, 0.3) is 0 Å². The molecule has 0 fully saturated rings. The van der Waals surface area contributed by atoms with Crippen molar-refractivity contribution in [3.8, 4) is 0 Å². The zero-order valence-electron chi connectivity index (χ0n) is 8.23. The van der Waals surface area contributed by atoms with Crippen LogP contribution in [-0.2, 0) is 4.79 Å². The molecular formula is C8H14N6O. The summed E-state index contributed by atoms with van der Waals surface area (Å²) in [6.45, 7) is 0.582. The Morgan fingerprint density at radius 1 is 1.40 bits per heavy atom. The molecule has 0 radical (unpaired) electrons. The number of nitrogens with zero attached hydrogens (tertiary/aromatic N) is 2. The first-order valence-corrected chi connectivity index (χ1v) is 4.50. The minimum atomic E-state index is -0.321. The van der Waals surface area contributed by atoms with E-state index in [1.165, 1.54) is 0 Å². The van der Waals surface area contributed by atoms with Gasteiger partial charge in [0.2, 0.25) is 11.9 Å². The van der Waals surface area contributed by atoms with E-state index >= 15 is 0 Å². The quantitative estimate of drug-likeness (QED) is 0.476. The smallest absolute Gasteiger partial charge is 0.223 e. The molecule has 0 bridgehead atoms. The van der Waals surface area contributed by atoms with E-state index in [1.807, 2.05) is 0 Å². The van der Waals surface area contributed by atoms with Gasteiger partial charge < -0.3 is 22.5 Å². The maximum atomic E-state index is 10.4. The standard InChI is InChI=1S/C8H14N6O/c9-5-4-7(14-8(11)13-5)12-3-1-2-6(10)15/h4H,1-3H2,(H2,10,15)(H5,9,11,12,13,14). The molecule has 7 heteroatoms. The van der Waals surface area contributed by atoms with Crippen LogP contribution < -0.4 is 22.5 Å². The summed E-state index contributed by atoms with van der Waals surface area (Å²) in [4.78, 5) is 18.1. The van der Waals surface area contributed by atoms with E-state index in [-0.39, 0.29) is 11.9 Å². The molecule has 0 aliphatic carbocycles. The fourth-order valence-corrected chi connectivity index (χ4v) is 1.05. The van der Waals surface area contributed by atoms with E-state index in [0.29, 0.717) is 31.0 Å². The predicted octanol–water partition coefficient (Wildman–Crippen LogP) is -0.682. The summed E-state index contributed by atoms with van der Waals surface area (Å²) in [5.74, 6) is 0.648. The summed E-state index contributed by atoms with van der Waals surface area (Å²) in [5, 5.41) is 2.96. The van der Waals surface area contributed by atoms with Gasteiger partial charge in [0, 0.05) is 19.0 Å². The number of carbonyl (C=O) groups is 1. The highest BCUT2D eigenvalue weighted by Gasteiger charge is 1.99. The number of hydrogen-bond donors (Lipinski definition) is 4. The van der Waals surface area contributed by atoms with Crippen molar-refractivity contribution in [2.75, 3.05) is 23.3 Å². The highest BCUT2D eigenvalue weighted by molar-refractivity contribution is 5.73. The SMILES string of the molecule is NC(=O)CCCNc1cc(N)nc(N)n1. The fraction of sp³-hybridized carbons (Fsp3) is 0.375. The van der Waals surface area contributed by atoms with Crippen LogP contribution in [0, 0.1) is 0 Å². The molecule has 0 spiro atoms. The second-order valence-corrected chi connectivity index (χ2v) is 3.03. The number of nitrogen functional groups attached to an aromatic ring is 2. The zero-order valence-corrected chi connectivity index (χ0v) is 8.23. The zero-order chi connectivity index (χ0) is 11.3. The highest BCUT2D eigenvalue weighted by Crippen LogP contribution is 2.08. The largest absolute Gasteiger partial charge is 0.383 e. The van der Waals surface area contributed by atoms with Crippen molar-refractivity contribution in [1.82, 2.24) is 9.97 Å². The third kappa shape index (κ3) is 4.12. The summed E-state index contributed by atoms with van der Waals surface area (Å²) in [6.07, 6.45) is 0.974. The molecule has 0 saturated carbocycles. The van der Waals surface area contributed by atoms with Crippen molar-refractivity contribution in [2.45, 2.75) is 12.8 Å². The van der Waals surface area contributed by atoms with Crippen molar-refractivity contribution in [3.05, 3.63) is 6.07 Å². The van der Waals surface area contributed by atoms with Gasteiger partial charge in [-0.2, -0.15) is 9.97 Å². The van der Waals surface area contributed by atoms with E-state index in [9.17, 15) is 4.79 Å². The van der Waals surface area contributed by atoms with E-state index in [2.05, 4.69) is 15.3 Å². The molecule has 0 aliphatic heterocycles. The van der Waals surface area contributed by atoms with E-state index in [4.69, 9.17) is 17.2 Å². The predicted molar refractivity (Wildman–Crippen MR) is 57.8 cm³/mol. The highest BCUT2D eigenvalue weighted by atomic mass is 16.1. The van der Waals surface area contributed by atoms with Crippen molar-refractivity contribution >= 4 is 23.5 Å². The van der Waals surface area contributed by atoms with Crippen LogP contribution in [0.4, 0.5) is 17.6 Å². The van der Waals surface area contributed by atoms with Crippen molar-refractivity contribution in [2.24, 2.45) is 5.73 Å². The lowest BCUT2D eigenvalue weighted by Gasteiger charge is -2.05. The number of aromatic nitrogens is 2. The molecule has 0 aliphatic rings. The first-order chi connectivity index (χ1) is 7.08. The average Bonchev–Trinajstić information content (AvgIpc) is 2.10. The fourth-order valence-electron chi connectivity index (χ4n) is 1.05. The van der Waals surface area contributed by atoms with Gasteiger partial charge in [-0.25, -0.2) is 0 Å². The number of carbonyl (C=O) groups excluding carboxylic acids is 1. The molecule has 1 rings (SSSR count). The molecule has 1 aromatic heterocycles. The van der Waals surface area contributed by atoms with Crippen LogP contribution in [0.15, 0.2) is 6.07 Å². The Kier molecular flexibility index (Phi) is 3.67. The maximum Gasteiger partial charge on any atom is 0.223 e. The number of rotatable bonds is 5. The van der Waals surface area contributed by atoms with Crippen LogP contribution in [0.1, 0.15) is 12.8 Å². The van der Waals surface area contributed by atoms with Crippen LogP contribution in [0.5, 0.6) is 0 Å². The lowest BCUT2D eigenvalue weighted by Crippen LogP contribution is -2.13. The normalized spacial score (nSPS) is 9.87. The Morgan fingerprint density at radius 3 is 2.73 bits per heavy atom. The minimum absolute atomic E-state index is 0.118. The van der Waals surface area contributed by atoms with E-state index in [1.54, 1.807) is 6.07 Å². The topological polar surface area (TPSA) is 133 Å². The molecule has 1 heterocycles. The van der Waals surface area contributed by atoms with Crippen LogP contribution >= 0.6 is 0 Å². The van der Waals surface area contributed by atoms with Gasteiger partial charge in [-0.05, 0) is 6.42 Å².